The number of hydrogen-bond donors (Lipinski definition) is 1. The van der Waals surface area contributed by atoms with Crippen LogP contribution in [0.25, 0.3) is 0 Å². The lowest BCUT2D eigenvalue weighted by Gasteiger charge is -2.31. The predicted octanol–water partition coefficient (Wildman–Crippen LogP) is 2.86. The molecule has 0 saturated heterocycles. The minimum Gasteiger partial charge on any atom is -0.393 e. The standard InChI is InChI=1S/C19H24N2O2/c1-21(12-15-4-2-3-5-17(15)22)18(23)14-6-8-16(9-7-14)19(13-20)10-11-19/h6-9,15,17,22H,2-5,10-12H2,1H3. The molecule has 1 aromatic carbocycles. The van der Waals surface area contributed by atoms with Crippen molar-refractivity contribution >= 4 is 5.91 Å². The highest BCUT2D eigenvalue weighted by Crippen LogP contribution is 2.47. The van der Waals surface area contributed by atoms with E-state index >= 15 is 0 Å². The normalized spacial score (nSPS) is 25.4. The topological polar surface area (TPSA) is 64.3 Å². The molecule has 0 radical (unpaired) electrons. The van der Waals surface area contributed by atoms with Gasteiger partial charge in [0.15, 0.2) is 0 Å². The Morgan fingerprint density at radius 1 is 1.30 bits per heavy atom. The summed E-state index contributed by atoms with van der Waals surface area (Å²) in [4.78, 5) is 14.3. The number of aliphatic hydroxyl groups is 1. The number of nitrogens with zero attached hydrogens (tertiary/aromatic N) is 2. The highest BCUT2D eigenvalue weighted by atomic mass is 16.3. The van der Waals surface area contributed by atoms with Crippen LogP contribution in [0.2, 0.25) is 0 Å². The summed E-state index contributed by atoms with van der Waals surface area (Å²) in [6, 6.07) is 9.84. The van der Waals surface area contributed by atoms with Crippen molar-refractivity contribution in [1.29, 1.82) is 5.26 Å². The molecule has 1 N–H and O–H groups in total. The lowest BCUT2D eigenvalue weighted by Crippen LogP contribution is -2.38. The molecule has 3 rings (SSSR count). The number of benzene rings is 1. The van der Waals surface area contributed by atoms with E-state index in [1.54, 1.807) is 11.9 Å². The van der Waals surface area contributed by atoms with Crippen molar-refractivity contribution in [3.05, 3.63) is 35.4 Å². The maximum absolute atomic E-state index is 12.6. The fourth-order valence-electron chi connectivity index (χ4n) is 3.58. The monoisotopic (exact) mass is 312 g/mol. The van der Waals surface area contributed by atoms with E-state index in [2.05, 4.69) is 6.07 Å². The van der Waals surface area contributed by atoms with E-state index in [9.17, 15) is 15.2 Å². The Bertz CT molecular complexity index is 613. The third-order valence-electron chi connectivity index (χ3n) is 5.37. The van der Waals surface area contributed by atoms with Gasteiger partial charge >= 0.3 is 0 Å². The Balaban J connectivity index is 1.64. The second-order valence-corrected chi connectivity index (χ2v) is 7.07. The fraction of sp³-hybridized carbons (Fsp3) is 0.579. The van der Waals surface area contributed by atoms with E-state index in [1.165, 1.54) is 0 Å². The van der Waals surface area contributed by atoms with Gasteiger partial charge in [-0.05, 0) is 43.4 Å². The van der Waals surface area contributed by atoms with Crippen LogP contribution in [-0.2, 0) is 5.41 Å². The molecule has 0 aromatic heterocycles. The molecule has 4 heteroatoms. The summed E-state index contributed by atoms with van der Waals surface area (Å²) in [6.45, 7) is 0.601. The second kappa shape index (κ2) is 6.33. The average molecular weight is 312 g/mol. The first-order valence-electron chi connectivity index (χ1n) is 8.51. The molecule has 2 fully saturated rings. The Kier molecular flexibility index (Phi) is 4.41. The summed E-state index contributed by atoms with van der Waals surface area (Å²) in [5, 5.41) is 19.3. The lowest BCUT2D eigenvalue weighted by atomic mass is 9.86. The average Bonchev–Trinajstić information content (AvgIpc) is 3.37. The lowest BCUT2D eigenvalue weighted by molar-refractivity contribution is 0.0451. The molecular weight excluding hydrogens is 288 g/mol. The summed E-state index contributed by atoms with van der Waals surface area (Å²) >= 11 is 0. The maximum atomic E-state index is 12.6. The minimum atomic E-state index is -0.306. The van der Waals surface area contributed by atoms with E-state index in [0.29, 0.717) is 12.1 Å². The molecule has 2 aliphatic carbocycles. The van der Waals surface area contributed by atoms with E-state index in [1.807, 2.05) is 24.3 Å². The van der Waals surface area contributed by atoms with E-state index in [-0.39, 0.29) is 23.3 Å². The second-order valence-electron chi connectivity index (χ2n) is 7.07. The number of carbonyl (C=O) groups is 1. The van der Waals surface area contributed by atoms with Crippen molar-refractivity contribution in [1.82, 2.24) is 4.90 Å². The van der Waals surface area contributed by atoms with Gasteiger partial charge in [-0.1, -0.05) is 25.0 Å². The zero-order chi connectivity index (χ0) is 16.4. The van der Waals surface area contributed by atoms with Crippen LogP contribution >= 0.6 is 0 Å². The van der Waals surface area contributed by atoms with Gasteiger partial charge in [0.2, 0.25) is 0 Å². The first-order chi connectivity index (χ1) is 11.1. The van der Waals surface area contributed by atoms with Crippen molar-refractivity contribution in [2.45, 2.75) is 50.0 Å². The van der Waals surface area contributed by atoms with Crippen LogP contribution in [0.3, 0.4) is 0 Å². The Labute approximate surface area is 137 Å². The molecule has 4 nitrogen and oxygen atoms in total. The third-order valence-corrected chi connectivity index (χ3v) is 5.37. The van der Waals surface area contributed by atoms with Gasteiger partial charge in [0.05, 0.1) is 17.6 Å². The summed E-state index contributed by atoms with van der Waals surface area (Å²) in [5.74, 6) is 0.168. The van der Waals surface area contributed by atoms with Gasteiger partial charge in [-0.2, -0.15) is 5.26 Å². The molecule has 1 aromatic rings. The molecule has 0 aliphatic heterocycles. The highest BCUT2D eigenvalue weighted by molar-refractivity contribution is 5.94. The van der Waals surface area contributed by atoms with Crippen molar-refractivity contribution in [2.24, 2.45) is 5.92 Å². The van der Waals surface area contributed by atoms with Crippen molar-refractivity contribution in [3.8, 4) is 6.07 Å². The molecule has 0 bridgehead atoms. The molecule has 2 saturated carbocycles. The molecule has 23 heavy (non-hydrogen) atoms. The van der Waals surface area contributed by atoms with Gasteiger partial charge in [0, 0.05) is 25.1 Å². The zero-order valence-electron chi connectivity index (χ0n) is 13.7. The van der Waals surface area contributed by atoms with Gasteiger partial charge < -0.3 is 10.0 Å². The van der Waals surface area contributed by atoms with Gasteiger partial charge in [-0.3, -0.25) is 4.79 Å². The molecule has 2 atom stereocenters. The van der Waals surface area contributed by atoms with Crippen molar-refractivity contribution in [2.75, 3.05) is 13.6 Å². The number of carbonyl (C=O) groups excluding carboxylic acids is 1. The molecular formula is C19H24N2O2. The van der Waals surface area contributed by atoms with Crippen LogP contribution < -0.4 is 0 Å². The van der Waals surface area contributed by atoms with Gasteiger partial charge in [0.1, 0.15) is 0 Å². The fourth-order valence-corrected chi connectivity index (χ4v) is 3.58. The SMILES string of the molecule is CN(CC1CCCCC1O)C(=O)c1ccc(C2(C#N)CC2)cc1. The van der Waals surface area contributed by atoms with E-state index in [4.69, 9.17) is 0 Å². The first kappa shape index (κ1) is 16.0. The number of nitriles is 1. The van der Waals surface area contributed by atoms with Crippen molar-refractivity contribution in [3.63, 3.8) is 0 Å². The van der Waals surface area contributed by atoms with E-state index in [0.717, 1.165) is 44.1 Å². The van der Waals surface area contributed by atoms with Crippen LogP contribution in [0, 0.1) is 17.2 Å². The highest BCUT2D eigenvalue weighted by Gasteiger charge is 2.44. The molecule has 2 aliphatic rings. The number of amides is 1. The smallest absolute Gasteiger partial charge is 0.253 e. The number of rotatable bonds is 4. The zero-order valence-corrected chi connectivity index (χ0v) is 13.7. The Hall–Kier alpha value is -1.86. The molecule has 2 unspecified atom stereocenters. The number of aliphatic hydroxyl groups excluding tert-OH is 1. The summed E-state index contributed by atoms with van der Waals surface area (Å²) < 4.78 is 0. The summed E-state index contributed by atoms with van der Waals surface area (Å²) in [7, 11) is 1.80. The van der Waals surface area contributed by atoms with E-state index < -0.39 is 0 Å². The van der Waals surface area contributed by atoms with Gasteiger partial charge in [0.25, 0.3) is 5.91 Å². The Morgan fingerprint density at radius 2 is 1.96 bits per heavy atom. The first-order valence-corrected chi connectivity index (χ1v) is 8.51. The van der Waals surface area contributed by atoms with Crippen molar-refractivity contribution < 1.29 is 9.90 Å². The van der Waals surface area contributed by atoms with Crippen LogP contribution in [0.5, 0.6) is 0 Å². The molecule has 1 amide bonds. The van der Waals surface area contributed by atoms with Gasteiger partial charge in [-0.15, -0.1) is 0 Å². The molecule has 0 spiro atoms. The van der Waals surface area contributed by atoms with Crippen LogP contribution in [0.15, 0.2) is 24.3 Å². The predicted molar refractivity (Wildman–Crippen MR) is 87.9 cm³/mol. The summed E-state index contributed by atoms with van der Waals surface area (Å²) in [5.41, 5.74) is 1.36. The Morgan fingerprint density at radius 3 is 2.52 bits per heavy atom. The van der Waals surface area contributed by atoms with Crippen LogP contribution in [0.4, 0.5) is 0 Å². The molecule has 122 valence electrons. The summed E-state index contributed by atoms with van der Waals surface area (Å²) in [6.07, 6.45) is 5.59. The van der Waals surface area contributed by atoms with Crippen LogP contribution in [-0.4, -0.2) is 35.6 Å². The maximum Gasteiger partial charge on any atom is 0.253 e. The third kappa shape index (κ3) is 3.25. The van der Waals surface area contributed by atoms with Gasteiger partial charge in [-0.25, -0.2) is 0 Å². The largest absolute Gasteiger partial charge is 0.393 e. The quantitative estimate of drug-likeness (QED) is 0.930. The molecule has 0 heterocycles. The van der Waals surface area contributed by atoms with Crippen LogP contribution in [0.1, 0.15) is 54.4 Å². The number of hydrogen-bond acceptors (Lipinski definition) is 3. The minimum absolute atomic E-state index is 0.0175.